The average molecular weight is 293 g/mol. The van der Waals surface area contributed by atoms with Crippen LogP contribution in [0.1, 0.15) is 5.56 Å². The SMILES string of the molecule is CN(Cc1ccc(Cl)c(F)c1)c1ccc2nnnn2n1. The summed E-state index contributed by atoms with van der Waals surface area (Å²) in [6, 6.07) is 8.29. The zero-order chi connectivity index (χ0) is 14.1. The van der Waals surface area contributed by atoms with Crippen molar-refractivity contribution >= 4 is 23.1 Å². The van der Waals surface area contributed by atoms with Crippen molar-refractivity contribution in [2.24, 2.45) is 0 Å². The fourth-order valence-electron chi connectivity index (χ4n) is 1.84. The van der Waals surface area contributed by atoms with Crippen LogP contribution in [0.2, 0.25) is 5.02 Å². The van der Waals surface area contributed by atoms with Crippen molar-refractivity contribution in [1.29, 1.82) is 0 Å². The van der Waals surface area contributed by atoms with E-state index in [9.17, 15) is 4.39 Å². The second-order valence-corrected chi connectivity index (χ2v) is 4.73. The predicted octanol–water partition coefficient (Wildman–Crippen LogP) is 1.95. The van der Waals surface area contributed by atoms with Crippen molar-refractivity contribution in [3.8, 4) is 0 Å². The molecular weight excluding hydrogens is 283 g/mol. The Bertz CT molecular complexity index is 759. The molecule has 2 aromatic heterocycles. The van der Waals surface area contributed by atoms with Gasteiger partial charge in [0, 0.05) is 13.6 Å². The van der Waals surface area contributed by atoms with E-state index in [0.29, 0.717) is 18.0 Å². The molecule has 3 rings (SSSR count). The van der Waals surface area contributed by atoms with E-state index in [1.165, 1.54) is 16.8 Å². The van der Waals surface area contributed by atoms with Crippen LogP contribution in [-0.4, -0.2) is 32.3 Å². The van der Waals surface area contributed by atoms with Crippen LogP contribution in [0.4, 0.5) is 10.2 Å². The van der Waals surface area contributed by atoms with E-state index in [1.54, 1.807) is 18.2 Å². The van der Waals surface area contributed by atoms with Gasteiger partial charge in [0.15, 0.2) is 11.5 Å². The smallest absolute Gasteiger partial charge is 0.200 e. The lowest BCUT2D eigenvalue weighted by Gasteiger charge is -2.17. The number of aromatic nitrogens is 5. The summed E-state index contributed by atoms with van der Waals surface area (Å²) in [4.78, 5) is 1.86. The van der Waals surface area contributed by atoms with E-state index in [0.717, 1.165) is 5.56 Å². The summed E-state index contributed by atoms with van der Waals surface area (Å²) < 4.78 is 14.7. The van der Waals surface area contributed by atoms with Gasteiger partial charge in [0.25, 0.3) is 0 Å². The molecule has 0 aliphatic carbocycles. The van der Waals surface area contributed by atoms with Crippen LogP contribution in [0, 0.1) is 5.82 Å². The predicted molar refractivity (Wildman–Crippen MR) is 72.1 cm³/mol. The Morgan fingerprint density at radius 2 is 2.15 bits per heavy atom. The highest BCUT2D eigenvalue weighted by molar-refractivity contribution is 6.30. The van der Waals surface area contributed by atoms with Crippen molar-refractivity contribution in [2.75, 3.05) is 11.9 Å². The van der Waals surface area contributed by atoms with Gasteiger partial charge in [-0.05, 0) is 40.3 Å². The first-order valence-electron chi connectivity index (χ1n) is 5.84. The number of nitrogens with zero attached hydrogens (tertiary/aromatic N) is 6. The van der Waals surface area contributed by atoms with Crippen LogP contribution in [0.3, 0.4) is 0 Å². The molecule has 102 valence electrons. The Hall–Kier alpha value is -2.28. The van der Waals surface area contributed by atoms with Gasteiger partial charge in [-0.25, -0.2) is 4.39 Å². The van der Waals surface area contributed by atoms with Gasteiger partial charge in [-0.3, -0.25) is 0 Å². The highest BCUT2D eigenvalue weighted by Gasteiger charge is 2.08. The van der Waals surface area contributed by atoms with Gasteiger partial charge in [0.1, 0.15) is 5.82 Å². The Balaban J connectivity index is 1.84. The van der Waals surface area contributed by atoms with E-state index in [4.69, 9.17) is 11.6 Å². The molecule has 0 spiro atoms. The number of fused-ring (bicyclic) bond motifs is 1. The van der Waals surface area contributed by atoms with Gasteiger partial charge in [-0.1, -0.05) is 17.7 Å². The molecule has 0 saturated heterocycles. The third-order valence-corrected chi connectivity index (χ3v) is 3.16. The summed E-state index contributed by atoms with van der Waals surface area (Å²) in [5.41, 5.74) is 1.37. The van der Waals surface area contributed by atoms with E-state index in [-0.39, 0.29) is 5.02 Å². The Labute approximate surface area is 118 Å². The molecule has 20 heavy (non-hydrogen) atoms. The lowest BCUT2D eigenvalue weighted by Crippen LogP contribution is -2.19. The summed E-state index contributed by atoms with van der Waals surface area (Å²) >= 11 is 5.66. The third-order valence-electron chi connectivity index (χ3n) is 2.85. The van der Waals surface area contributed by atoms with Gasteiger partial charge < -0.3 is 4.90 Å². The molecule has 8 heteroatoms. The summed E-state index contributed by atoms with van der Waals surface area (Å²) in [7, 11) is 1.85. The van der Waals surface area contributed by atoms with Gasteiger partial charge in [0.05, 0.1) is 5.02 Å². The van der Waals surface area contributed by atoms with E-state index in [2.05, 4.69) is 20.6 Å². The third kappa shape index (κ3) is 2.39. The van der Waals surface area contributed by atoms with E-state index < -0.39 is 5.82 Å². The zero-order valence-corrected chi connectivity index (χ0v) is 11.3. The van der Waals surface area contributed by atoms with Gasteiger partial charge in [-0.2, -0.15) is 0 Å². The number of benzene rings is 1. The van der Waals surface area contributed by atoms with E-state index >= 15 is 0 Å². The van der Waals surface area contributed by atoms with Crippen molar-refractivity contribution in [3.05, 3.63) is 46.7 Å². The van der Waals surface area contributed by atoms with Crippen molar-refractivity contribution in [1.82, 2.24) is 25.3 Å². The fourth-order valence-corrected chi connectivity index (χ4v) is 1.95. The maximum atomic E-state index is 13.4. The van der Waals surface area contributed by atoms with Crippen molar-refractivity contribution < 1.29 is 4.39 Å². The van der Waals surface area contributed by atoms with Crippen LogP contribution in [0.15, 0.2) is 30.3 Å². The highest BCUT2D eigenvalue weighted by atomic mass is 35.5. The molecule has 2 heterocycles. The van der Waals surface area contributed by atoms with Crippen LogP contribution in [0.5, 0.6) is 0 Å². The lowest BCUT2D eigenvalue weighted by atomic mass is 10.2. The highest BCUT2D eigenvalue weighted by Crippen LogP contribution is 2.18. The number of anilines is 1. The first-order chi connectivity index (χ1) is 9.63. The summed E-state index contributed by atoms with van der Waals surface area (Å²) in [5, 5.41) is 15.4. The summed E-state index contributed by atoms with van der Waals surface area (Å²) in [6.45, 7) is 0.495. The first kappa shape index (κ1) is 12.7. The van der Waals surface area contributed by atoms with Gasteiger partial charge >= 0.3 is 0 Å². The molecule has 0 N–H and O–H groups in total. The molecule has 1 aromatic carbocycles. The molecule has 0 aliphatic rings. The Morgan fingerprint density at radius 3 is 2.95 bits per heavy atom. The minimum Gasteiger partial charge on any atom is -0.354 e. The Morgan fingerprint density at radius 1 is 1.30 bits per heavy atom. The fraction of sp³-hybridized carbons (Fsp3) is 0.167. The van der Waals surface area contributed by atoms with Gasteiger partial charge in [-0.15, -0.1) is 14.8 Å². The topological polar surface area (TPSA) is 59.2 Å². The number of hydrogen-bond acceptors (Lipinski definition) is 5. The van der Waals surface area contributed by atoms with Crippen LogP contribution >= 0.6 is 11.6 Å². The second-order valence-electron chi connectivity index (χ2n) is 4.32. The molecule has 0 amide bonds. The molecule has 0 radical (unpaired) electrons. The van der Waals surface area contributed by atoms with Crippen molar-refractivity contribution in [2.45, 2.75) is 6.54 Å². The molecule has 0 aliphatic heterocycles. The molecule has 0 unspecified atom stereocenters. The molecule has 0 fully saturated rings. The van der Waals surface area contributed by atoms with Crippen LogP contribution in [0.25, 0.3) is 5.65 Å². The second kappa shape index (κ2) is 5.01. The average Bonchev–Trinajstić information content (AvgIpc) is 2.90. The van der Waals surface area contributed by atoms with Crippen LogP contribution in [-0.2, 0) is 6.54 Å². The largest absolute Gasteiger partial charge is 0.354 e. The Kier molecular flexibility index (Phi) is 3.19. The van der Waals surface area contributed by atoms with Gasteiger partial charge in [0.2, 0.25) is 0 Å². The molecule has 3 aromatic rings. The van der Waals surface area contributed by atoms with E-state index in [1.807, 2.05) is 11.9 Å². The number of tetrazole rings is 1. The standard InChI is InChI=1S/C12H10ClFN6/c1-19(7-8-2-3-9(13)10(14)6-8)12-5-4-11-15-17-18-20(11)16-12/h2-6H,7H2,1H3. The zero-order valence-electron chi connectivity index (χ0n) is 10.5. The normalized spacial score (nSPS) is 10.9. The molecule has 0 bridgehead atoms. The quantitative estimate of drug-likeness (QED) is 0.738. The maximum Gasteiger partial charge on any atom is 0.200 e. The number of halogens is 2. The number of hydrogen-bond donors (Lipinski definition) is 0. The molecular formula is C12H10ClFN6. The molecule has 0 atom stereocenters. The minimum absolute atomic E-state index is 0.115. The molecule has 6 nitrogen and oxygen atoms in total. The number of rotatable bonds is 3. The summed E-state index contributed by atoms with van der Waals surface area (Å²) in [5.74, 6) is 0.251. The van der Waals surface area contributed by atoms with Crippen LogP contribution < -0.4 is 4.90 Å². The summed E-state index contributed by atoms with van der Waals surface area (Å²) in [6.07, 6.45) is 0. The maximum absolute atomic E-state index is 13.4. The van der Waals surface area contributed by atoms with Crippen molar-refractivity contribution in [3.63, 3.8) is 0 Å². The lowest BCUT2D eigenvalue weighted by molar-refractivity contribution is 0.625. The molecule has 0 saturated carbocycles. The minimum atomic E-state index is -0.429. The monoisotopic (exact) mass is 292 g/mol. The first-order valence-corrected chi connectivity index (χ1v) is 6.22.